The van der Waals surface area contributed by atoms with E-state index in [1.54, 1.807) is 11.8 Å². The number of thioether (sulfide) groups is 1. The van der Waals surface area contributed by atoms with Crippen LogP contribution in [0, 0.1) is 0 Å². The van der Waals surface area contributed by atoms with E-state index in [4.69, 9.17) is 4.74 Å². The summed E-state index contributed by atoms with van der Waals surface area (Å²) in [6.45, 7) is 2.13. The number of benzene rings is 1. The summed E-state index contributed by atoms with van der Waals surface area (Å²) in [7, 11) is 0. The summed E-state index contributed by atoms with van der Waals surface area (Å²) in [5, 5.41) is 0.325. The van der Waals surface area contributed by atoms with E-state index in [0.29, 0.717) is 11.7 Å². The molecule has 90 valence electrons. The highest BCUT2D eigenvalue weighted by Gasteiger charge is 2.26. The van der Waals surface area contributed by atoms with Gasteiger partial charge in [-0.05, 0) is 18.6 Å². The number of ketones is 1. The van der Waals surface area contributed by atoms with Crippen LogP contribution in [0.5, 0.6) is 0 Å². The fourth-order valence-corrected chi connectivity index (χ4v) is 2.99. The van der Waals surface area contributed by atoms with Crippen LogP contribution in [-0.2, 0) is 9.53 Å². The Morgan fingerprint density at radius 3 is 2.82 bits per heavy atom. The standard InChI is InChI=1S/C14H16O2S/c1-2-14(13-10-11(15)8-9-16-13)17-12-6-4-3-5-7-12/h3-9,13-14H,2,10H2,1H3/t13-,14-/m1/s1. The van der Waals surface area contributed by atoms with Crippen LogP contribution in [0.1, 0.15) is 19.8 Å². The van der Waals surface area contributed by atoms with Crippen LogP contribution in [-0.4, -0.2) is 17.1 Å². The molecule has 1 aliphatic rings. The predicted molar refractivity (Wildman–Crippen MR) is 70.0 cm³/mol. The van der Waals surface area contributed by atoms with Gasteiger partial charge in [0, 0.05) is 22.6 Å². The molecule has 0 bridgehead atoms. The van der Waals surface area contributed by atoms with E-state index in [1.165, 1.54) is 17.2 Å². The zero-order valence-electron chi connectivity index (χ0n) is 9.84. The molecule has 1 heterocycles. The Kier molecular flexibility index (Phi) is 4.26. The van der Waals surface area contributed by atoms with Crippen LogP contribution in [0.15, 0.2) is 47.6 Å². The van der Waals surface area contributed by atoms with E-state index in [0.717, 1.165) is 6.42 Å². The molecule has 0 radical (unpaired) electrons. The fraction of sp³-hybridized carbons (Fsp3) is 0.357. The van der Waals surface area contributed by atoms with Crippen molar-refractivity contribution in [1.29, 1.82) is 0 Å². The van der Waals surface area contributed by atoms with Crippen molar-refractivity contribution in [2.45, 2.75) is 36.0 Å². The molecule has 0 amide bonds. The van der Waals surface area contributed by atoms with Crippen molar-refractivity contribution < 1.29 is 9.53 Å². The molecule has 2 rings (SSSR count). The molecule has 1 aromatic rings. The van der Waals surface area contributed by atoms with Crippen molar-refractivity contribution in [1.82, 2.24) is 0 Å². The summed E-state index contributed by atoms with van der Waals surface area (Å²) < 4.78 is 5.55. The average Bonchev–Trinajstić information content (AvgIpc) is 2.37. The van der Waals surface area contributed by atoms with Crippen LogP contribution in [0.4, 0.5) is 0 Å². The van der Waals surface area contributed by atoms with Gasteiger partial charge in [0.25, 0.3) is 0 Å². The maximum Gasteiger partial charge on any atom is 0.162 e. The lowest BCUT2D eigenvalue weighted by Gasteiger charge is -2.26. The minimum absolute atomic E-state index is 0.00251. The van der Waals surface area contributed by atoms with Crippen molar-refractivity contribution in [2.75, 3.05) is 0 Å². The van der Waals surface area contributed by atoms with E-state index in [2.05, 4.69) is 19.1 Å². The number of rotatable bonds is 4. The number of carbonyl (C=O) groups excluding carboxylic acids is 1. The number of allylic oxidation sites excluding steroid dienone is 1. The van der Waals surface area contributed by atoms with Crippen LogP contribution < -0.4 is 0 Å². The van der Waals surface area contributed by atoms with Gasteiger partial charge in [-0.25, -0.2) is 0 Å². The maximum absolute atomic E-state index is 11.4. The van der Waals surface area contributed by atoms with Gasteiger partial charge in [0.2, 0.25) is 0 Å². The normalized spacial score (nSPS) is 21.0. The first-order valence-corrected chi connectivity index (χ1v) is 6.74. The van der Waals surface area contributed by atoms with Gasteiger partial charge < -0.3 is 4.74 Å². The van der Waals surface area contributed by atoms with Crippen LogP contribution in [0.25, 0.3) is 0 Å². The molecule has 2 atom stereocenters. The van der Waals surface area contributed by atoms with Gasteiger partial charge in [-0.15, -0.1) is 11.8 Å². The number of hydrogen-bond donors (Lipinski definition) is 0. The summed E-state index contributed by atoms with van der Waals surface area (Å²) in [4.78, 5) is 12.6. The molecule has 1 aromatic carbocycles. The second-order valence-electron chi connectivity index (χ2n) is 4.03. The lowest BCUT2D eigenvalue weighted by atomic mass is 10.1. The van der Waals surface area contributed by atoms with Crippen molar-refractivity contribution >= 4 is 17.5 Å². The zero-order chi connectivity index (χ0) is 12.1. The molecule has 0 N–H and O–H groups in total. The molecule has 0 saturated carbocycles. The summed E-state index contributed by atoms with van der Waals surface area (Å²) >= 11 is 1.79. The summed E-state index contributed by atoms with van der Waals surface area (Å²) in [5.74, 6) is 0.161. The quantitative estimate of drug-likeness (QED) is 0.764. The molecule has 0 unspecified atom stereocenters. The minimum atomic E-state index is 0.00251. The van der Waals surface area contributed by atoms with Crippen molar-refractivity contribution in [2.24, 2.45) is 0 Å². The Bertz CT molecular complexity index is 400. The maximum atomic E-state index is 11.4. The second-order valence-corrected chi connectivity index (χ2v) is 5.34. The molecular weight excluding hydrogens is 232 g/mol. The van der Waals surface area contributed by atoms with Crippen LogP contribution in [0.2, 0.25) is 0 Å². The lowest BCUT2D eigenvalue weighted by molar-refractivity contribution is -0.117. The molecule has 0 fully saturated rings. The summed E-state index contributed by atoms with van der Waals surface area (Å²) in [5.41, 5.74) is 0. The molecule has 17 heavy (non-hydrogen) atoms. The van der Waals surface area contributed by atoms with Crippen molar-refractivity contribution in [3.05, 3.63) is 42.7 Å². The van der Waals surface area contributed by atoms with Gasteiger partial charge in [0.05, 0.1) is 6.26 Å². The Balaban J connectivity index is 2.02. The molecule has 2 nitrogen and oxygen atoms in total. The van der Waals surface area contributed by atoms with E-state index in [9.17, 15) is 4.79 Å². The van der Waals surface area contributed by atoms with E-state index in [-0.39, 0.29) is 11.9 Å². The molecule has 1 aliphatic heterocycles. The number of carbonyl (C=O) groups is 1. The van der Waals surface area contributed by atoms with Crippen LogP contribution >= 0.6 is 11.8 Å². The molecule has 0 aliphatic carbocycles. The average molecular weight is 248 g/mol. The summed E-state index contributed by atoms with van der Waals surface area (Å²) in [6.07, 6.45) is 4.53. The Morgan fingerprint density at radius 2 is 2.18 bits per heavy atom. The largest absolute Gasteiger partial charge is 0.496 e. The van der Waals surface area contributed by atoms with Gasteiger partial charge >= 0.3 is 0 Å². The molecule has 0 spiro atoms. The minimum Gasteiger partial charge on any atom is -0.496 e. The van der Waals surface area contributed by atoms with E-state index >= 15 is 0 Å². The van der Waals surface area contributed by atoms with Crippen molar-refractivity contribution in [3.8, 4) is 0 Å². The zero-order valence-corrected chi connectivity index (χ0v) is 10.7. The third-order valence-electron chi connectivity index (χ3n) is 2.76. The number of ether oxygens (including phenoxy) is 1. The third kappa shape index (κ3) is 3.37. The molecule has 0 aromatic heterocycles. The van der Waals surface area contributed by atoms with E-state index < -0.39 is 0 Å². The first kappa shape index (κ1) is 12.2. The fourth-order valence-electron chi connectivity index (χ4n) is 1.85. The Labute approximate surface area is 106 Å². The number of hydrogen-bond acceptors (Lipinski definition) is 3. The highest BCUT2D eigenvalue weighted by molar-refractivity contribution is 8.00. The van der Waals surface area contributed by atoms with Gasteiger partial charge in [-0.2, -0.15) is 0 Å². The lowest BCUT2D eigenvalue weighted by Crippen LogP contribution is -2.29. The van der Waals surface area contributed by atoms with Gasteiger partial charge in [-0.3, -0.25) is 4.79 Å². The first-order chi connectivity index (χ1) is 8.29. The topological polar surface area (TPSA) is 26.3 Å². The predicted octanol–water partition coefficient (Wildman–Crippen LogP) is 3.43. The van der Waals surface area contributed by atoms with Crippen molar-refractivity contribution in [3.63, 3.8) is 0 Å². The Morgan fingerprint density at radius 1 is 1.41 bits per heavy atom. The molecule has 3 heteroatoms. The van der Waals surface area contributed by atoms with Gasteiger partial charge in [0.1, 0.15) is 6.10 Å². The summed E-state index contributed by atoms with van der Waals surface area (Å²) in [6, 6.07) is 10.2. The third-order valence-corrected chi connectivity index (χ3v) is 4.24. The van der Waals surface area contributed by atoms with Gasteiger partial charge in [-0.1, -0.05) is 25.1 Å². The second kappa shape index (κ2) is 5.92. The highest BCUT2D eigenvalue weighted by Crippen LogP contribution is 2.31. The molecular formula is C14H16O2S. The van der Waals surface area contributed by atoms with Crippen LogP contribution in [0.3, 0.4) is 0 Å². The van der Waals surface area contributed by atoms with E-state index in [1.807, 2.05) is 18.2 Å². The van der Waals surface area contributed by atoms with Gasteiger partial charge in [0.15, 0.2) is 5.78 Å². The SMILES string of the molecule is CC[C@@H](Sc1ccccc1)[C@H]1CC(=O)C=CO1. The monoisotopic (exact) mass is 248 g/mol. The molecule has 0 saturated heterocycles. The highest BCUT2D eigenvalue weighted by atomic mass is 32.2. The Hall–Kier alpha value is -1.22. The smallest absolute Gasteiger partial charge is 0.162 e. The first-order valence-electron chi connectivity index (χ1n) is 5.86.